The normalized spacial score (nSPS) is 10.8. The predicted octanol–water partition coefficient (Wildman–Crippen LogP) is 5.23. The van der Waals surface area contributed by atoms with Crippen LogP contribution in [0.15, 0.2) is 84.9 Å². The van der Waals surface area contributed by atoms with E-state index in [-0.39, 0.29) is 31.5 Å². The van der Waals surface area contributed by atoms with E-state index >= 15 is 0 Å². The van der Waals surface area contributed by atoms with E-state index in [0.29, 0.717) is 16.4 Å². The van der Waals surface area contributed by atoms with E-state index in [0.717, 1.165) is 22.5 Å². The lowest BCUT2D eigenvalue weighted by Crippen LogP contribution is -2.40. The first-order valence-corrected chi connectivity index (χ1v) is 11.9. The Labute approximate surface area is 215 Å². The van der Waals surface area contributed by atoms with E-state index in [9.17, 15) is 9.59 Å². The highest BCUT2D eigenvalue weighted by atomic mass is 35.5. The summed E-state index contributed by atoms with van der Waals surface area (Å²) in [5.74, 6) is -0.205. The maximum absolute atomic E-state index is 13.2. The molecule has 1 aromatic heterocycles. The van der Waals surface area contributed by atoms with Crippen LogP contribution in [0.2, 0.25) is 5.02 Å². The predicted molar refractivity (Wildman–Crippen MR) is 142 cm³/mol. The molecule has 0 aliphatic rings. The molecule has 8 heteroatoms. The Kier molecular flexibility index (Phi) is 8.15. The largest absolute Gasteiger partial charge is 0.383 e. The zero-order valence-corrected chi connectivity index (χ0v) is 20.9. The number of carbonyl (C=O) groups excluding carboxylic acids is 2. The van der Waals surface area contributed by atoms with E-state index in [1.165, 1.54) is 4.90 Å². The summed E-state index contributed by atoms with van der Waals surface area (Å²) in [5, 5.41) is 8.00. The Balaban J connectivity index is 1.60. The van der Waals surface area contributed by atoms with Crippen molar-refractivity contribution in [2.45, 2.75) is 6.92 Å². The van der Waals surface area contributed by atoms with Gasteiger partial charge in [0.05, 0.1) is 28.6 Å². The Morgan fingerprint density at radius 3 is 2.39 bits per heavy atom. The summed E-state index contributed by atoms with van der Waals surface area (Å²) in [7, 11) is 1.55. The van der Waals surface area contributed by atoms with Crippen LogP contribution in [0.25, 0.3) is 16.9 Å². The van der Waals surface area contributed by atoms with Crippen LogP contribution in [0.4, 0.5) is 5.82 Å². The van der Waals surface area contributed by atoms with Crippen molar-refractivity contribution in [3.05, 3.63) is 101 Å². The Morgan fingerprint density at radius 2 is 1.69 bits per heavy atom. The second kappa shape index (κ2) is 11.7. The third-order valence-electron chi connectivity index (χ3n) is 5.62. The van der Waals surface area contributed by atoms with Crippen LogP contribution in [-0.4, -0.2) is 53.3 Å². The summed E-state index contributed by atoms with van der Waals surface area (Å²) in [5.41, 5.74) is 3.90. The van der Waals surface area contributed by atoms with Crippen LogP contribution in [0.1, 0.15) is 15.9 Å². The molecular formula is C28H27ClN4O3. The number of methoxy groups -OCH3 is 1. The summed E-state index contributed by atoms with van der Waals surface area (Å²) in [4.78, 5) is 27.7. The van der Waals surface area contributed by atoms with Crippen LogP contribution >= 0.6 is 11.6 Å². The van der Waals surface area contributed by atoms with Crippen LogP contribution in [0.3, 0.4) is 0 Å². The lowest BCUT2D eigenvalue weighted by molar-refractivity contribution is -0.117. The van der Waals surface area contributed by atoms with E-state index in [2.05, 4.69) is 5.32 Å². The number of halogens is 1. The number of hydrogen-bond acceptors (Lipinski definition) is 4. The molecule has 0 spiro atoms. The Bertz CT molecular complexity index is 1340. The number of hydrogen-bond donors (Lipinski definition) is 1. The van der Waals surface area contributed by atoms with Gasteiger partial charge < -0.3 is 15.0 Å². The standard InChI is InChI=1S/C28H27ClN4O3/c1-20-12-14-22(15-13-20)33-26(18-25(31-33)21-8-4-3-5-9-21)30-27(34)19-32(16-17-36-2)28(35)23-10-6-7-11-24(23)29/h3-15,18H,16-17,19H2,1-2H3,(H,30,34). The number of carbonyl (C=O) groups is 2. The molecule has 0 fully saturated rings. The number of ether oxygens (including phenoxy) is 1. The van der Waals surface area contributed by atoms with Gasteiger partial charge in [-0.1, -0.05) is 71.8 Å². The summed E-state index contributed by atoms with van der Waals surface area (Å²) in [6.45, 7) is 2.35. The van der Waals surface area contributed by atoms with Gasteiger partial charge in [-0.25, -0.2) is 4.68 Å². The summed E-state index contributed by atoms with van der Waals surface area (Å²) in [6.07, 6.45) is 0. The first-order valence-electron chi connectivity index (χ1n) is 11.5. The van der Waals surface area contributed by atoms with Gasteiger partial charge in [0.25, 0.3) is 5.91 Å². The molecule has 0 saturated carbocycles. The number of anilines is 1. The number of benzene rings is 3. The second-order valence-electron chi connectivity index (χ2n) is 8.28. The number of amides is 2. The van der Waals surface area contributed by atoms with Crippen LogP contribution in [0.5, 0.6) is 0 Å². The number of nitrogens with one attached hydrogen (secondary N) is 1. The average Bonchev–Trinajstić information content (AvgIpc) is 3.31. The van der Waals surface area contributed by atoms with Crippen LogP contribution < -0.4 is 5.32 Å². The van der Waals surface area contributed by atoms with Gasteiger partial charge in [-0.3, -0.25) is 9.59 Å². The fourth-order valence-corrected chi connectivity index (χ4v) is 3.93. The third kappa shape index (κ3) is 6.00. The highest BCUT2D eigenvalue weighted by molar-refractivity contribution is 6.33. The molecular weight excluding hydrogens is 476 g/mol. The van der Waals surface area contributed by atoms with Gasteiger partial charge in [-0.15, -0.1) is 0 Å². The maximum Gasteiger partial charge on any atom is 0.255 e. The Hall–Kier alpha value is -3.94. The minimum Gasteiger partial charge on any atom is -0.383 e. The van der Waals surface area contributed by atoms with Gasteiger partial charge in [0.1, 0.15) is 12.4 Å². The molecule has 0 bridgehead atoms. The molecule has 7 nitrogen and oxygen atoms in total. The SMILES string of the molecule is COCCN(CC(=O)Nc1cc(-c2ccccc2)nn1-c1ccc(C)cc1)C(=O)c1ccccc1Cl. The fraction of sp³-hybridized carbons (Fsp3) is 0.179. The summed E-state index contributed by atoms with van der Waals surface area (Å²) < 4.78 is 6.84. The maximum atomic E-state index is 13.2. The van der Waals surface area contributed by atoms with E-state index in [1.54, 1.807) is 36.1 Å². The molecule has 0 aliphatic heterocycles. The van der Waals surface area contributed by atoms with Crippen molar-refractivity contribution in [1.29, 1.82) is 0 Å². The molecule has 36 heavy (non-hydrogen) atoms. The smallest absolute Gasteiger partial charge is 0.255 e. The van der Waals surface area contributed by atoms with Gasteiger partial charge in [0.2, 0.25) is 5.91 Å². The number of aryl methyl sites for hydroxylation is 1. The van der Waals surface area contributed by atoms with Crippen LogP contribution in [-0.2, 0) is 9.53 Å². The fourth-order valence-electron chi connectivity index (χ4n) is 3.72. The highest BCUT2D eigenvalue weighted by Gasteiger charge is 2.22. The van der Waals surface area contributed by atoms with Crippen molar-refractivity contribution < 1.29 is 14.3 Å². The lowest BCUT2D eigenvalue weighted by atomic mass is 10.1. The first-order chi connectivity index (χ1) is 17.5. The van der Waals surface area contributed by atoms with Gasteiger partial charge in [0, 0.05) is 25.3 Å². The van der Waals surface area contributed by atoms with E-state index in [1.807, 2.05) is 67.6 Å². The summed E-state index contributed by atoms with van der Waals surface area (Å²) in [6, 6.07) is 26.2. The van der Waals surface area contributed by atoms with Gasteiger partial charge in [-0.2, -0.15) is 5.10 Å². The zero-order chi connectivity index (χ0) is 25.5. The van der Waals surface area contributed by atoms with E-state index < -0.39 is 0 Å². The highest BCUT2D eigenvalue weighted by Crippen LogP contribution is 2.25. The molecule has 0 atom stereocenters. The van der Waals surface area contributed by atoms with Crippen molar-refractivity contribution in [3.63, 3.8) is 0 Å². The quantitative estimate of drug-likeness (QED) is 0.340. The average molecular weight is 503 g/mol. The van der Waals surface area contributed by atoms with Crippen molar-refractivity contribution in [2.24, 2.45) is 0 Å². The molecule has 4 aromatic rings. The van der Waals surface area contributed by atoms with Gasteiger partial charge in [-0.05, 0) is 31.2 Å². The van der Waals surface area contributed by atoms with E-state index in [4.69, 9.17) is 21.4 Å². The number of rotatable bonds is 9. The molecule has 2 amide bonds. The van der Waals surface area contributed by atoms with Crippen molar-refractivity contribution in [1.82, 2.24) is 14.7 Å². The third-order valence-corrected chi connectivity index (χ3v) is 5.95. The molecule has 4 rings (SSSR count). The van der Waals surface area contributed by atoms with Crippen molar-refractivity contribution >= 4 is 29.2 Å². The van der Waals surface area contributed by atoms with Crippen LogP contribution in [0, 0.1) is 6.92 Å². The zero-order valence-electron chi connectivity index (χ0n) is 20.1. The minimum atomic E-state index is -0.362. The summed E-state index contributed by atoms with van der Waals surface area (Å²) >= 11 is 6.23. The molecule has 0 unspecified atom stereocenters. The molecule has 3 aromatic carbocycles. The first kappa shape index (κ1) is 25.2. The molecule has 184 valence electrons. The molecule has 0 saturated heterocycles. The molecule has 1 heterocycles. The monoisotopic (exact) mass is 502 g/mol. The topological polar surface area (TPSA) is 76.5 Å². The van der Waals surface area contributed by atoms with Crippen molar-refractivity contribution in [3.8, 4) is 16.9 Å². The van der Waals surface area contributed by atoms with Gasteiger partial charge >= 0.3 is 0 Å². The number of aromatic nitrogens is 2. The lowest BCUT2D eigenvalue weighted by Gasteiger charge is -2.22. The Morgan fingerprint density at radius 1 is 1.00 bits per heavy atom. The molecule has 0 aliphatic carbocycles. The van der Waals surface area contributed by atoms with Gasteiger partial charge in [0.15, 0.2) is 0 Å². The molecule has 0 radical (unpaired) electrons. The number of nitrogens with zero attached hydrogens (tertiary/aromatic N) is 3. The van der Waals surface area contributed by atoms with Crippen molar-refractivity contribution in [2.75, 3.05) is 32.1 Å². The molecule has 1 N–H and O–H groups in total. The minimum absolute atomic E-state index is 0.173. The second-order valence-corrected chi connectivity index (χ2v) is 8.68.